The van der Waals surface area contributed by atoms with E-state index in [1.54, 1.807) is 32.9 Å². The predicted molar refractivity (Wildman–Crippen MR) is 69.0 cm³/mol. The van der Waals surface area contributed by atoms with Gasteiger partial charge in [-0.3, -0.25) is 4.79 Å². The van der Waals surface area contributed by atoms with Gasteiger partial charge >= 0.3 is 0 Å². The van der Waals surface area contributed by atoms with Gasteiger partial charge in [0.25, 0.3) is 0 Å². The lowest BCUT2D eigenvalue weighted by Crippen LogP contribution is -2.27. The zero-order valence-electron chi connectivity index (χ0n) is 9.40. The van der Waals surface area contributed by atoms with E-state index < -0.39 is 5.41 Å². The molecule has 1 aromatic carbocycles. The van der Waals surface area contributed by atoms with Gasteiger partial charge in [0.1, 0.15) is 0 Å². The highest BCUT2D eigenvalue weighted by atomic mass is 35.5. The fraction of sp³-hybridized carbons (Fsp3) is 0.364. The van der Waals surface area contributed by atoms with Crippen molar-refractivity contribution in [2.45, 2.75) is 20.8 Å². The number of anilines is 2. The second-order valence-corrected chi connectivity index (χ2v) is 5.38. The molecule has 1 amide bonds. The Hall–Kier alpha value is -0.930. The summed E-state index contributed by atoms with van der Waals surface area (Å²) in [7, 11) is 0. The highest BCUT2D eigenvalue weighted by molar-refractivity contribution is 6.40. The van der Waals surface area contributed by atoms with Crippen molar-refractivity contribution in [1.29, 1.82) is 0 Å². The average molecular weight is 261 g/mol. The van der Waals surface area contributed by atoms with Gasteiger partial charge in [0.05, 0.1) is 15.7 Å². The molecule has 0 fully saturated rings. The summed E-state index contributed by atoms with van der Waals surface area (Å²) in [6, 6.07) is 3.09. The first-order chi connectivity index (χ1) is 7.21. The van der Waals surface area contributed by atoms with Crippen molar-refractivity contribution in [3.8, 4) is 0 Å². The summed E-state index contributed by atoms with van der Waals surface area (Å²) in [6.45, 7) is 5.42. The van der Waals surface area contributed by atoms with Crippen LogP contribution in [-0.2, 0) is 4.79 Å². The molecule has 0 aliphatic carbocycles. The molecule has 0 heterocycles. The molecule has 3 N–H and O–H groups in total. The largest absolute Gasteiger partial charge is 0.399 e. The SMILES string of the molecule is CC(C)(C)C(=O)Nc1c(Cl)cc(N)cc1Cl. The summed E-state index contributed by atoms with van der Waals surface area (Å²) >= 11 is 11.9. The Morgan fingerprint density at radius 3 is 2.06 bits per heavy atom. The van der Waals surface area contributed by atoms with Crippen LogP contribution in [0.25, 0.3) is 0 Å². The monoisotopic (exact) mass is 260 g/mol. The Balaban J connectivity index is 3.03. The molecule has 0 unspecified atom stereocenters. The lowest BCUT2D eigenvalue weighted by atomic mass is 9.95. The maximum Gasteiger partial charge on any atom is 0.229 e. The number of hydrogen-bond acceptors (Lipinski definition) is 2. The molecule has 0 aliphatic rings. The minimum absolute atomic E-state index is 0.152. The zero-order valence-corrected chi connectivity index (χ0v) is 10.9. The van der Waals surface area contributed by atoms with Gasteiger partial charge in [-0.05, 0) is 12.1 Å². The molecule has 0 saturated heterocycles. The Kier molecular flexibility index (Phi) is 3.71. The Labute approximate surface area is 105 Å². The first kappa shape index (κ1) is 13.1. The average Bonchev–Trinajstić information content (AvgIpc) is 2.08. The summed E-state index contributed by atoms with van der Waals surface area (Å²) < 4.78 is 0. The summed E-state index contributed by atoms with van der Waals surface area (Å²) in [5.41, 5.74) is 5.92. The summed E-state index contributed by atoms with van der Waals surface area (Å²) in [5.74, 6) is -0.152. The van der Waals surface area contributed by atoms with Crippen molar-refractivity contribution >= 4 is 40.5 Å². The molecule has 0 atom stereocenters. The van der Waals surface area contributed by atoms with Crippen molar-refractivity contribution in [3.63, 3.8) is 0 Å². The quantitative estimate of drug-likeness (QED) is 0.759. The second-order valence-electron chi connectivity index (χ2n) is 4.56. The molecule has 0 radical (unpaired) electrons. The standard InChI is InChI=1S/C11H14Cl2N2O/c1-11(2,3)10(16)15-9-7(12)4-6(14)5-8(9)13/h4-5H,14H2,1-3H3,(H,15,16). The fourth-order valence-electron chi connectivity index (χ4n) is 1.01. The van der Waals surface area contributed by atoms with Crippen LogP contribution in [0.3, 0.4) is 0 Å². The third-order valence-electron chi connectivity index (χ3n) is 1.98. The number of nitrogens with two attached hydrogens (primary N) is 1. The van der Waals surface area contributed by atoms with E-state index in [1.807, 2.05) is 0 Å². The van der Waals surface area contributed by atoms with E-state index in [0.29, 0.717) is 21.4 Å². The maximum absolute atomic E-state index is 11.8. The number of carbonyl (C=O) groups is 1. The van der Waals surface area contributed by atoms with Crippen molar-refractivity contribution in [3.05, 3.63) is 22.2 Å². The van der Waals surface area contributed by atoms with E-state index in [0.717, 1.165) is 0 Å². The van der Waals surface area contributed by atoms with E-state index in [2.05, 4.69) is 5.32 Å². The minimum atomic E-state index is -0.506. The number of carbonyl (C=O) groups excluding carboxylic acids is 1. The molecule has 16 heavy (non-hydrogen) atoms. The maximum atomic E-state index is 11.8. The first-order valence-electron chi connectivity index (χ1n) is 4.78. The van der Waals surface area contributed by atoms with Gasteiger partial charge in [0.2, 0.25) is 5.91 Å². The second kappa shape index (κ2) is 4.52. The molecule has 88 valence electrons. The molecular weight excluding hydrogens is 247 g/mol. The minimum Gasteiger partial charge on any atom is -0.399 e. The van der Waals surface area contributed by atoms with Crippen LogP contribution in [0.4, 0.5) is 11.4 Å². The van der Waals surface area contributed by atoms with Crippen LogP contribution in [-0.4, -0.2) is 5.91 Å². The Morgan fingerprint density at radius 1 is 1.25 bits per heavy atom. The number of halogens is 2. The number of nitrogens with one attached hydrogen (secondary N) is 1. The number of hydrogen-bond donors (Lipinski definition) is 2. The van der Waals surface area contributed by atoms with Gasteiger partial charge in [0, 0.05) is 11.1 Å². The highest BCUT2D eigenvalue weighted by Gasteiger charge is 2.23. The summed E-state index contributed by atoms with van der Waals surface area (Å²) in [4.78, 5) is 11.8. The first-order valence-corrected chi connectivity index (χ1v) is 5.53. The van der Waals surface area contributed by atoms with Crippen molar-refractivity contribution in [2.75, 3.05) is 11.1 Å². The number of nitrogen functional groups attached to an aromatic ring is 1. The number of rotatable bonds is 1. The van der Waals surface area contributed by atoms with Crippen LogP contribution in [0.15, 0.2) is 12.1 Å². The van der Waals surface area contributed by atoms with Crippen molar-refractivity contribution in [2.24, 2.45) is 5.41 Å². The van der Waals surface area contributed by atoms with Crippen molar-refractivity contribution < 1.29 is 4.79 Å². The van der Waals surface area contributed by atoms with Crippen LogP contribution in [0, 0.1) is 5.41 Å². The molecule has 0 bridgehead atoms. The summed E-state index contributed by atoms with van der Waals surface area (Å²) in [6.07, 6.45) is 0. The molecule has 5 heteroatoms. The van der Waals surface area contributed by atoms with E-state index in [9.17, 15) is 4.79 Å². The van der Waals surface area contributed by atoms with Gasteiger partial charge in [-0.15, -0.1) is 0 Å². The van der Waals surface area contributed by atoms with Crippen LogP contribution < -0.4 is 11.1 Å². The normalized spacial score (nSPS) is 11.3. The fourth-order valence-corrected chi connectivity index (χ4v) is 1.61. The molecular formula is C11H14Cl2N2O. The predicted octanol–water partition coefficient (Wildman–Crippen LogP) is 3.56. The molecule has 1 rings (SSSR count). The van der Waals surface area contributed by atoms with Gasteiger partial charge in [-0.2, -0.15) is 0 Å². The number of benzene rings is 1. The number of amides is 1. The van der Waals surface area contributed by atoms with E-state index in [-0.39, 0.29) is 5.91 Å². The topological polar surface area (TPSA) is 55.1 Å². The molecule has 0 saturated carbocycles. The zero-order chi connectivity index (χ0) is 12.5. The third-order valence-corrected chi connectivity index (χ3v) is 2.58. The Bertz CT molecular complexity index is 401. The molecule has 0 aromatic heterocycles. The van der Waals surface area contributed by atoms with E-state index in [4.69, 9.17) is 28.9 Å². The molecule has 1 aromatic rings. The van der Waals surface area contributed by atoms with Gasteiger partial charge in [0.15, 0.2) is 0 Å². The van der Waals surface area contributed by atoms with Crippen LogP contribution in [0.5, 0.6) is 0 Å². The van der Waals surface area contributed by atoms with Crippen LogP contribution in [0.1, 0.15) is 20.8 Å². The molecule has 0 aliphatic heterocycles. The smallest absolute Gasteiger partial charge is 0.229 e. The van der Waals surface area contributed by atoms with Gasteiger partial charge < -0.3 is 11.1 Å². The van der Waals surface area contributed by atoms with Crippen LogP contribution >= 0.6 is 23.2 Å². The van der Waals surface area contributed by atoms with E-state index >= 15 is 0 Å². The van der Waals surface area contributed by atoms with Gasteiger partial charge in [-0.1, -0.05) is 44.0 Å². The van der Waals surface area contributed by atoms with Crippen LogP contribution in [0.2, 0.25) is 10.0 Å². The van der Waals surface area contributed by atoms with Crippen molar-refractivity contribution in [1.82, 2.24) is 0 Å². The summed E-state index contributed by atoms with van der Waals surface area (Å²) in [5, 5.41) is 3.36. The lowest BCUT2D eigenvalue weighted by Gasteiger charge is -2.19. The van der Waals surface area contributed by atoms with Gasteiger partial charge in [-0.25, -0.2) is 0 Å². The van der Waals surface area contributed by atoms with E-state index in [1.165, 1.54) is 0 Å². The molecule has 3 nitrogen and oxygen atoms in total. The highest BCUT2D eigenvalue weighted by Crippen LogP contribution is 2.33. The lowest BCUT2D eigenvalue weighted by molar-refractivity contribution is -0.123. The molecule has 0 spiro atoms. The third kappa shape index (κ3) is 3.03. The Morgan fingerprint density at radius 2 is 1.69 bits per heavy atom.